The Balaban J connectivity index is 2.14. The van der Waals surface area contributed by atoms with Crippen molar-refractivity contribution in [2.24, 2.45) is 5.73 Å². The van der Waals surface area contributed by atoms with Crippen molar-refractivity contribution in [1.29, 1.82) is 0 Å². The van der Waals surface area contributed by atoms with Crippen LogP contribution in [0.4, 0.5) is 5.69 Å². The summed E-state index contributed by atoms with van der Waals surface area (Å²) in [6.45, 7) is 3.17. The first-order valence-corrected chi connectivity index (χ1v) is 6.24. The number of nitrogens with two attached hydrogens (primary N) is 1. The van der Waals surface area contributed by atoms with Crippen molar-refractivity contribution in [1.82, 2.24) is 10.3 Å². The average Bonchev–Trinajstić information content (AvgIpc) is 2.76. The fraction of sp³-hybridized carbons (Fsp3) is 0.417. The summed E-state index contributed by atoms with van der Waals surface area (Å²) in [5, 5.41) is 2.93. The Morgan fingerprint density at radius 2 is 2.44 bits per heavy atom. The van der Waals surface area contributed by atoms with Gasteiger partial charge in [-0.2, -0.15) is 0 Å². The third-order valence-corrected chi connectivity index (χ3v) is 3.22. The van der Waals surface area contributed by atoms with Crippen molar-refractivity contribution in [2.45, 2.75) is 19.4 Å². The molecule has 1 aliphatic heterocycles. The zero-order valence-corrected chi connectivity index (χ0v) is 11.0. The van der Waals surface area contributed by atoms with Gasteiger partial charge in [0.25, 0.3) is 0 Å². The highest BCUT2D eigenvalue weighted by atomic mass is 32.1. The quantitative estimate of drug-likeness (QED) is 0.775. The number of amides is 1. The number of nitrogens with one attached hydrogen (secondary N) is 1. The second-order valence-electron chi connectivity index (χ2n) is 4.39. The van der Waals surface area contributed by atoms with E-state index in [-0.39, 0.29) is 11.9 Å². The number of rotatable bonds is 3. The molecule has 1 unspecified atom stereocenters. The predicted molar refractivity (Wildman–Crippen MR) is 74.6 cm³/mol. The number of thiocarbonyl (C=S) groups is 1. The number of pyridine rings is 1. The second-order valence-corrected chi connectivity index (χ2v) is 4.83. The van der Waals surface area contributed by atoms with Gasteiger partial charge in [-0.3, -0.25) is 9.78 Å². The normalized spacial score (nSPS) is 18.7. The minimum absolute atomic E-state index is 0.00241. The molecule has 1 aromatic heterocycles. The van der Waals surface area contributed by atoms with Gasteiger partial charge in [-0.25, -0.2) is 0 Å². The molecule has 6 heteroatoms. The summed E-state index contributed by atoms with van der Waals surface area (Å²) in [5.74, 6) is 0.00241. The first kappa shape index (κ1) is 12.8. The van der Waals surface area contributed by atoms with E-state index in [1.165, 1.54) is 6.92 Å². The van der Waals surface area contributed by atoms with Gasteiger partial charge < -0.3 is 16.0 Å². The SMILES string of the molecule is CC(=O)NC1CCN(c2cnccc2C(N)=S)C1. The third-order valence-electron chi connectivity index (χ3n) is 3.00. The lowest BCUT2D eigenvalue weighted by Gasteiger charge is -2.21. The van der Waals surface area contributed by atoms with Crippen LogP contribution in [0.5, 0.6) is 0 Å². The van der Waals surface area contributed by atoms with Crippen LogP contribution in [-0.4, -0.2) is 35.0 Å². The van der Waals surface area contributed by atoms with Crippen molar-refractivity contribution >= 4 is 28.8 Å². The van der Waals surface area contributed by atoms with E-state index in [4.69, 9.17) is 18.0 Å². The number of hydrogen-bond acceptors (Lipinski definition) is 4. The molecule has 0 saturated carbocycles. The van der Waals surface area contributed by atoms with Gasteiger partial charge >= 0.3 is 0 Å². The topological polar surface area (TPSA) is 71.2 Å². The van der Waals surface area contributed by atoms with Gasteiger partial charge in [-0.1, -0.05) is 12.2 Å². The van der Waals surface area contributed by atoms with E-state index < -0.39 is 0 Å². The van der Waals surface area contributed by atoms with Crippen molar-refractivity contribution in [3.05, 3.63) is 24.0 Å². The van der Waals surface area contributed by atoms with Crippen LogP contribution in [0.25, 0.3) is 0 Å². The molecule has 0 aliphatic carbocycles. The highest BCUT2D eigenvalue weighted by Gasteiger charge is 2.25. The van der Waals surface area contributed by atoms with Crippen LogP contribution in [0.3, 0.4) is 0 Å². The monoisotopic (exact) mass is 264 g/mol. The number of aromatic nitrogens is 1. The Kier molecular flexibility index (Phi) is 3.76. The Bertz CT molecular complexity index is 477. The largest absolute Gasteiger partial charge is 0.389 e. The predicted octanol–water partition coefficient (Wildman–Crippen LogP) is 0.431. The van der Waals surface area contributed by atoms with Crippen molar-refractivity contribution in [2.75, 3.05) is 18.0 Å². The fourth-order valence-corrected chi connectivity index (χ4v) is 2.40. The lowest BCUT2D eigenvalue weighted by molar-refractivity contribution is -0.119. The Hall–Kier alpha value is -1.69. The molecule has 3 N–H and O–H groups in total. The fourth-order valence-electron chi connectivity index (χ4n) is 2.23. The van der Waals surface area contributed by atoms with Gasteiger partial charge in [0.1, 0.15) is 4.99 Å². The summed E-state index contributed by atoms with van der Waals surface area (Å²) in [4.78, 5) is 17.7. The van der Waals surface area contributed by atoms with Gasteiger partial charge in [-0.15, -0.1) is 0 Å². The standard InChI is InChI=1S/C12H16N4OS/c1-8(17)15-9-3-5-16(7-9)11-6-14-4-2-10(11)12(13)18/h2,4,6,9H,3,5,7H2,1H3,(H2,13,18)(H,15,17). The maximum Gasteiger partial charge on any atom is 0.217 e. The number of carbonyl (C=O) groups is 1. The molecular weight excluding hydrogens is 248 g/mol. The van der Waals surface area contributed by atoms with Crippen molar-refractivity contribution < 1.29 is 4.79 Å². The molecular formula is C12H16N4OS. The number of nitrogens with zero attached hydrogens (tertiary/aromatic N) is 2. The lowest BCUT2D eigenvalue weighted by Crippen LogP contribution is -2.35. The van der Waals surface area contributed by atoms with E-state index in [0.717, 1.165) is 30.8 Å². The summed E-state index contributed by atoms with van der Waals surface area (Å²) in [6.07, 6.45) is 4.37. The first-order valence-electron chi connectivity index (χ1n) is 5.84. The van der Waals surface area contributed by atoms with Gasteiger partial charge in [-0.05, 0) is 12.5 Å². The maximum absolute atomic E-state index is 11.0. The number of carbonyl (C=O) groups excluding carboxylic acids is 1. The van der Waals surface area contributed by atoms with Gasteiger partial charge in [0.2, 0.25) is 5.91 Å². The number of hydrogen-bond donors (Lipinski definition) is 2. The molecule has 1 fully saturated rings. The van der Waals surface area contributed by atoms with Crippen LogP contribution < -0.4 is 16.0 Å². The van der Waals surface area contributed by atoms with E-state index in [9.17, 15) is 4.79 Å². The summed E-state index contributed by atoms with van der Waals surface area (Å²) in [7, 11) is 0. The molecule has 96 valence electrons. The molecule has 1 saturated heterocycles. The molecule has 18 heavy (non-hydrogen) atoms. The molecule has 5 nitrogen and oxygen atoms in total. The van der Waals surface area contributed by atoms with E-state index in [1.807, 2.05) is 6.07 Å². The molecule has 0 spiro atoms. The summed E-state index contributed by atoms with van der Waals surface area (Å²) < 4.78 is 0. The number of anilines is 1. The highest BCUT2D eigenvalue weighted by molar-refractivity contribution is 7.80. The Morgan fingerprint density at radius 1 is 1.67 bits per heavy atom. The van der Waals surface area contributed by atoms with Gasteiger partial charge in [0, 0.05) is 37.8 Å². The van der Waals surface area contributed by atoms with Crippen LogP contribution in [0.1, 0.15) is 18.9 Å². The zero-order valence-electron chi connectivity index (χ0n) is 10.2. The minimum atomic E-state index is 0.00241. The molecule has 2 heterocycles. The van der Waals surface area contributed by atoms with Crippen molar-refractivity contribution in [3.8, 4) is 0 Å². The van der Waals surface area contributed by atoms with E-state index in [2.05, 4.69) is 15.2 Å². The molecule has 1 aromatic rings. The van der Waals surface area contributed by atoms with Crippen LogP contribution in [0.15, 0.2) is 18.5 Å². The molecule has 1 amide bonds. The summed E-state index contributed by atoms with van der Waals surface area (Å²) in [6, 6.07) is 2.01. The average molecular weight is 264 g/mol. The molecule has 1 aliphatic rings. The molecule has 0 radical (unpaired) electrons. The molecule has 0 aromatic carbocycles. The molecule has 2 rings (SSSR count). The Labute approximate surface area is 111 Å². The molecule has 0 bridgehead atoms. The third kappa shape index (κ3) is 2.76. The summed E-state index contributed by atoms with van der Waals surface area (Å²) in [5.41, 5.74) is 7.48. The van der Waals surface area contributed by atoms with Gasteiger partial charge in [0.15, 0.2) is 0 Å². The lowest BCUT2D eigenvalue weighted by atomic mass is 10.2. The smallest absolute Gasteiger partial charge is 0.217 e. The zero-order chi connectivity index (χ0) is 13.1. The highest BCUT2D eigenvalue weighted by Crippen LogP contribution is 2.23. The Morgan fingerprint density at radius 3 is 3.11 bits per heavy atom. The minimum Gasteiger partial charge on any atom is -0.389 e. The van der Waals surface area contributed by atoms with Crippen LogP contribution in [0, 0.1) is 0 Å². The van der Waals surface area contributed by atoms with Crippen molar-refractivity contribution in [3.63, 3.8) is 0 Å². The second kappa shape index (κ2) is 5.30. The van der Waals surface area contributed by atoms with E-state index >= 15 is 0 Å². The summed E-state index contributed by atoms with van der Waals surface area (Å²) >= 11 is 5.04. The van der Waals surface area contributed by atoms with Crippen LogP contribution >= 0.6 is 12.2 Å². The van der Waals surface area contributed by atoms with E-state index in [0.29, 0.717) is 4.99 Å². The maximum atomic E-state index is 11.0. The van der Waals surface area contributed by atoms with Gasteiger partial charge in [0.05, 0.1) is 11.9 Å². The molecule has 1 atom stereocenters. The first-order chi connectivity index (χ1) is 8.58. The van der Waals surface area contributed by atoms with E-state index in [1.54, 1.807) is 12.4 Å². The van der Waals surface area contributed by atoms with Crippen LogP contribution in [0.2, 0.25) is 0 Å². The van der Waals surface area contributed by atoms with Crippen LogP contribution in [-0.2, 0) is 4.79 Å².